The topological polar surface area (TPSA) is 65.1 Å². The van der Waals surface area contributed by atoms with Crippen molar-refractivity contribution in [2.45, 2.75) is 38.7 Å². The van der Waals surface area contributed by atoms with E-state index in [9.17, 15) is 9.59 Å². The lowest BCUT2D eigenvalue weighted by Gasteiger charge is -2.30. The lowest BCUT2D eigenvalue weighted by atomic mass is 10.0. The van der Waals surface area contributed by atoms with Crippen LogP contribution < -0.4 is 0 Å². The van der Waals surface area contributed by atoms with Gasteiger partial charge in [0.15, 0.2) is 0 Å². The molecule has 122 valence electrons. The zero-order valence-corrected chi connectivity index (χ0v) is 13.5. The lowest BCUT2D eigenvalue weighted by Crippen LogP contribution is -2.43. The first kappa shape index (κ1) is 15.4. The monoisotopic (exact) mass is 317 g/mol. The normalized spacial score (nSPS) is 26.7. The Morgan fingerprint density at radius 2 is 1.61 bits per heavy atom. The Kier molecular flexibility index (Phi) is 3.55. The molecule has 1 aromatic carbocycles. The molecule has 2 heterocycles. The highest BCUT2D eigenvalue weighted by Crippen LogP contribution is 2.38. The van der Waals surface area contributed by atoms with Crippen molar-refractivity contribution in [2.24, 2.45) is 0 Å². The van der Waals surface area contributed by atoms with Crippen molar-refractivity contribution in [1.29, 1.82) is 0 Å². The summed E-state index contributed by atoms with van der Waals surface area (Å²) in [6, 6.07) is 9.61. The lowest BCUT2D eigenvalue weighted by molar-refractivity contribution is -0.223. The van der Waals surface area contributed by atoms with Crippen molar-refractivity contribution in [1.82, 2.24) is 4.90 Å². The molecule has 2 atom stereocenters. The molecule has 6 nitrogen and oxygen atoms in total. The van der Waals surface area contributed by atoms with Crippen LogP contribution in [-0.2, 0) is 23.8 Å². The van der Waals surface area contributed by atoms with Gasteiger partial charge in [0.05, 0.1) is 6.04 Å². The molecule has 0 aromatic heterocycles. The molecule has 2 aliphatic heterocycles. The molecule has 0 amide bonds. The number of cyclic esters (lactones) is 2. The molecule has 0 unspecified atom stereocenters. The molecule has 0 radical (unpaired) electrons. The third kappa shape index (κ3) is 2.65. The van der Waals surface area contributed by atoms with E-state index < -0.39 is 17.7 Å². The average Bonchev–Trinajstić information content (AvgIpc) is 2.75. The fourth-order valence-corrected chi connectivity index (χ4v) is 2.74. The van der Waals surface area contributed by atoms with Crippen molar-refractivity contribution in [3.63, 3.8) is 0 Å². The van der Waals surface area contributed by atoms with Crippen LogP contribution in [0.5, 0.6) is 0 Å². The average molecular weight is 317 g/mol. The van der Waals surface area contributed by atoms with E-state index in [2.05, 4.69) is 0 Å². The number of hydrogen-bond donors (Lipinski definition) is 0. The second-order valence-electron chi connectivity index (χ2n) is 6.16. The maximum atomic E-state index is 12.2. The smallest absolute Gasteiger partial charge is 0.354 e. The highest BCUT2D eigenvalue weighted by molar-refractivity contribution is 6.15. The molecule has 0 N–H and O–H groups in total. The summed E-state index contributed by atoms with van der Waals surface area (Å²) in [4.78, 5) is 26.2. The van der Waals surface area contributed by atoms with Crippen molar-refractivity contribution < 1.29 is 23.8 Å². The number of hydrogen-bond acceptors (Lipinski definition) is 6. The van der Waals surface area contributed by atoms with Crippen molar-refractivity contribution in [3.8, 4) is 0 Å². The number of carbonyl (C=O) groups is 2. The van der Waals surface area contributed by atoms with Crippen LogP contribution in [0.15, 0.2) is 41.8 Å². The number of likely N-dealkylation sites (N-methyl/N-ethyl adjacent to an activating group) is 1. The Hall–Kier alpha value is -2.50. The minimum absolute atomic E-state index is 0.0459. The van der Waals surface area contributed by atoms with Crippen LogP contribution in [0.1, 0.15) is 32.4 Å². The fraction of sp³-hybridized carbons (Fsp3) is 0.412. The van der Waals surface area contributed by atoms with Crippen LogP contribution in [0, 0.1) is 0 Å². The van der Waals surface area contributed by atoms with Gasteiger partial charge in [0.2, 0.25) is 11.5 Å². The standard InChI is InChI=1S/C17H19NO5/c1-10-13(11-8-6-5-7-9-11)21-14(18(10)4)12-15(19)22-17(2,3)23-16(12)20/h5-10,13H,1-4H3/t10-,13-/m0/s1. The zero-order valence-electron chi connectivity index (χ0n) is 13.5. The predicted molar refractivity (Wildman–Crippen MR) is 80.8 cm³/mol. The van der Waals surface area contributed by atoms with E-state index in [4.69, 9.17) is 14.2 Å². The molecule has 0 saturated carbocycles. The number of carbonyl (C=O) groups excluding carboxylic acids is 2. The molecule has 2 saturated heterocycles. The van der Waals surface area contributed by atoms with E-state index in [1.165, 1.54) is 13.8 Å². The first-order valence-corrected chi connectivity index (χ1v) is 7.45. The number of rotatable bonds is 1. The van der Waals surface area contributed by atoms with Gasteiger partial charge in [-0.1, -0.05) is 30.3 Å². The van der Waals surface area contributed by atoms with Crippen molar-refractivity contribution >= 4 is 11.9 Å². The van der Waals surface area contributed by atoms with Gasteiger partial charge in [-0.15, -0.1) is 0 Å². The largest absolute Gasteiger partial charge is 0.468 e. The van der Waals surface area contributed by atoms with Gasteiger partial charge in [-0.25, -0.2) is 9.59 Å². The maximum Gasteiger partial charge on any atom is 0.354 e. The summed E-state index contributed by atoms with van der Waals surface area (Å²) >= 11 is 0. The summed E-state index contributed by atoms with van der Waals surface area (Å²) < 4.78 is 16.2. The summed E-state index contributed by atoms with van der Waals surface area (Å²) in [5.74, 6) is -2.53. The van der Waals surface area contributed by atoms with E-state index in [0.717, 1.165) is 5.56 Å². The fourth-order valence-electron chi connectivity index (χ4n) is 2.74. The van der Waals surface area contributed by atoms with Crippen LogP contribution >= 0.6 is 0 Å². The van der Waals surface area contributed by atoms with Gasteiger partial charge < -0.3 is 19.1 Å². The minimum Gasteiger partial charge on any atom is -0.468 e. The van der Waals surface area contributed by atoms with Crippen LogP contribution in [0.3, 0.4) is 0 Å². The Bertz CT molecular complexity index is 657. The Labute approximate surface area is 134 Å². The predicted octanol–water partition coefficient (Wildman–Crippen LogP) is 2.13. The quantitative estimate of drug-likeness (QED) is 0.449. The number of esters is 2. The van der Waals surface area contributed by atoms with Crippen molar-refractivity contribution in [3.05, 3.63) is 47.4 Å². The molecule has 23 heavy (non-hydrogen) atoms. The van der Waals surface area contributed by atoms with Gasteiger partial charge >= 0.3 is 11.9 Å². The first-order chi connectivity index (χ1) is 10.8. The van der Waals surface area contributed by atoms with E-state index in [-0.39, 0.29) is 23.6 Å². The van der Waals surface area contributed by atoms with Gasteiger partial charge in [0.25, 0.3) is 5.79 Å². The highest BCUT2D eigenvalue weighted by Gasteiger charge is 2.46. The second-order valence-corrected chi connectivity index (χ2v) is 6.16. The first-order valence-electron chi connectivity index (χ1n) is 7.45. The van der Waals surface area contributed by atoms with Crippen LogP contribution in [0.25, 0.3) is 0 Å². The summed E-state index contributed by atoms with van der Waals surface area (Å²) in [6.45, 7) is 4.99. The molecule has 1 aromatic rings. The molecule has 0 bridgehead atoms. The molecule has 0 spiro atoms. The number of benzene rings is 1. The molecule has 3 rings (SSSR count). The third-order valence-electron chi connectivity index (χ3n) is 4.04. The van der Waals surface area contributed by atoms with E-state index in [0.29, 0.717) is 0 Å². The molecule has 2 fully saturated rings. The second kappa shape index (κ2) is 5.30. The van der Waals surface area contributed by atoms with Crippen LogP contribution in [0.4, 0.5) is 0 Å². The van der Waals surface area contributed by atoms with E-state index in [1.54, 1.807) is 11.9 Å². The Balaban J connectivity index is 1.97. The SMILES string of the molecule is C[C@H]1[C@@H](c2ccccc2)OC(=C2C(=O)OC(C)(C)OC2=O)N1C. The summed E-state index contributed by atoms with van der Waals surface area (Å²) in [5, 5.41) is 0. The van der Waals surface area contributed by atoms with Crippen LogP contribution in [0.2, 0.25) is 0 Å². The van der Waals surface area contributed by atoms with E-state index in [1.807, 2.05) is 37.3 Å². The van der Waals surface area contributed by atoms with Gasteiger partial charge in [-0.3, -0.25) is 0 Å². The highest BCUT2D eigenvalue weighted by atomic mass is 16.7. The Morgan fingerprint density at radius 1 is 1.04 bits per heavy atom. The number of nitrogens with zero attached hydrogens (tertiary/aromatic N) is 1. The van der Waals surface area contributed by atoms with Gasteiger partial charge in [-0.05, 0) is 12.5 Å². The molecular formula is C17H19NO5. The molecular weight excluding hydrogens is 298 g/mol. The van der Waals surface area contributed by atoms with E-state index >= 15 is 0 Å². The minimum atomic E-state index is -1.26. The van der Waals surface area contributed by atoms with Gasteiger partial charge in [0.1, 0.15) is 6.10 Å². The summed E-state index contributed by atoms with van der Waals surface area (Å²) in [5.41, 5.74) is 0.775. The van der Waals surface area contributed by atoms with Crippen molar-refractivity contribution in [2.75, 3.05) is 7.05 Å². The zero-order chi connectivity index (χ0) is 16.8. The summed E-state index contributed by atoms with van der Waals surface area (Å²) in [6.07, 6.45) is -0.278. The number of ether oxygens (including phenoxy) is 3. The summed E-state index contributed by atoms with van der Waals surface area (Å²) in [7, 11) is 1.77. The maximum absolute atomic E-state index is 12.2. The molecule has 2 aliphatic rings. The van der Waals surface area contributed by atoms with Gasteiger partial charge in [0, 0.05) is 20.9 Å². The third-order valence-corrected chi connectivity index (χ3v) is 4.04. The molecule has 0 aliphatic carbocycles. The molecule has 6 heteroatoms. The Morgan fingerprint density at radius 3 is 2.17 bits per heavy atom. The van der Waals surface area contributed by atoms with Gasteiger partial charge in [-0.2, -0.15) is 0 Å². The van der Waals surface area contributed by atoms with Crippen LogP contribution in [-0.4, -0.2) is 35.7 Å².